The predicted octanol–water partition coefficient (Wildman–Crippen LogP) is 0.851. The molecule has 1 fully saturated rings. The molecule has 0 aliphatic carbocycles. The highest BCUT2D eigenvalue weighted by atomic mass is 16.5. The van der Waals surface area contributed by atoms with Crippen LogP contribution in [-0.4, -0.2) is 44.4 Å². The molecule has 1 heterocycles. The van der Waals surface area contributed by atoms with Crippen LogP contribution in [0.4, 0.5) is 5.69 Å². The van der Waals surface area contributed by atoms with E-state index in [1.54, 1.807) is 18.2 Å². The Morgan fingerprint density at radius 1 is 1.39 bits per heavy atom. The van der Waals surface area contributed by atoms with E-state index in [9.17, 15) is 0 Å². The standard InChI is InChI=1S/C13H17N3O2/c14-10-11-1-2-13(12(15)9-11)18-8-5-16-3-6-17-7-4-16/h1-2,9H,3-8,15H2. The van der Waals surface area contributed by atoms with Crippen LogP contribution in [0.5, 0.6) is 5.75 Å². The van der Waals surface area contributed by atoms with Gasteiger partial charge in [-0.15, -0.1) is 0 Å². The molecule has 0 amide bonds. The SMILES string of the molecule is N#Cc1ccc(OCCN2CCOCC2)c(N)c1. The Hall–Kier alpha value is -1.77. The highest BCUT2D eigenvalue weighted by molar-refractivity contribution is 5.56. The molecule has 96 valence electrons. The minimum atomic E-state index is 0.510. The van der Waals surface area contributed by atoms with Crippen LogP contribution in [0.3, 0.4) is 0 Å². The lowest BCUT2D eigenvalue weighted by atomic mass is 10.2. The van der Waals surface area contributed by atoms with Crippen LogP contribution in [0.25, 0.3) is 0 Å². The van der Waals surface area contributed by atoms with Gasteiger partial charge >= 0.3 is 0 Å². The summed E-state index contributed by atoms with van der Waals surface area (Å²) in [5.41, 5.74) is 6.87. The number of nitriles is 1. The number of morpholine rings is 1. The van der Waals surface area contributed by atoms with Crippen LogP contribution in [0.2, 0.25) is 0 Å². The Morgan fingerprint density at radius 3 is 2.83 bits per heavy atom. The second kappa shape index (κ2) is 6.24. The Labute approximate surface area is 107 Å². The number of hydrogen-bond donors (Lipinski definition) is 1. The van der Waals surface area contributed by atoms with Gasteiger partial charge in [0.05, 0.1) is 30.5 Å². The van der Waals surface area contributed by atoms with Gasteiger partial charge in [0.25, 0.3) is 0 Å². The topological polar surface area (TPSA) is 71.5 Å². The Balaban J connectivity index is 1.81. The number of hydrogen-bond acceptors (Lipinski definition) is 5. The first-order chi connectivity index (χ1) is 8.79. The van der Waals surface area contributed by atoms with E-state index in [1.807, 2.05) is 6.07 Å². The van der Waals surface area contributed by atoms with Crippen molar-refractivity contribution in [2.75, 3.05) is 45.2 Å². The second-order valence-corrected chi connectivity index (χ2v) is 4.17. The zero-order valence-electron chi connectivity index (χ0n) is 10.3. The zero-order chi connectivity index (χ0) is 12.8. The molecular formula is C13H17N3O2. The Kier molecular flexibility index (Phi) is 4.40. The van der Waals surface area contributed by atoms with Crippen LogP contribution in [-0.2, 0) is 4.74 Å². The highest BCUT2D eigenvalue weighted by Gasteiger charge is 2.10. The molecule has 5 nitrogen and oxygen atoms in total. The smallest absolute Gasteiger partial charge is 0.142 e. The van der Waals surface area contributed by atoms with Crippen LogP contribution >= 0.6 is 0 Å². The summed E-state index contributed by atoms with van der Waals surface area (Å²) in [6.07, 6.45) is 0. The summed E-state index contributed by atoms with van der Waals surface area (Å²) >= 11 is 0. The molecule has 18 heavy (non-hydrogen) atoms. The normalized spacial score (nSPS) is 16.2. The first-order valence-corrected chi connectivity index (χ1v) is 6.02. The molecule has 0 spiro atoms. The van der Waals surface area contributed by atoms with Gasteiger partial charge in [0.1, 0.15) is 12.4 Å². The van der Waals surface area contributed by atoms with Crippen LogP contribution in [0.15, 0.2) is 18.2 Å². The minimum absolute atomic E-state index is 0.510. The number of nitrogen functional groups attached to an aromatic ring is 1. The summed E-state index contributed by atoms with van der Waals surface area (Å²) in [7, 11) is 0. The molecule has 0 saturated carbocycles. The molecular weight excluding hydrogens is 230 g/mol. The van der Waals surface area contributed by atoms with Crippen LogP contribution < -0.4 is 10.5 Å². The number of nitrogens with two attached hydrogens (primary N) is 1. The minimum Gasteiger partial charge on any atom is -0.490 e. The molecule has 1 aromatic carbocycles. The van der Waals surface area contributed by atoms with E-state index in [4.69, 9.17) is 20.5 Å². The molecule has 0 unspecified atom stereocenters. The van der Waals surface area contributed by atoms with Gasteiger partial charge in [0, 0.05) is 19.6 Å². The number of ether oxygens (including phenoxy) is 2. The molecule has 2 N–H and O–H groups in total. The van der Waals surface area contributed by atoms with E-state index in [-0.39, 0.29) is 0 Å². The molecule has 1 saturated heterocycles. The van der Waals surface area contributed by atoms with Gasteiger partial charge in [-0.25, -0.2) is 0 Å². The van der Waals surface area contributed by atoms with E-state index in [1.165, 1.54) is 0 Å². The van der Waals surface area contributed by atoms with Crippen molar-refractivity contribution < 1.29 is 9.47 Å². The molecule has 0 radical (unpaired) electrons. The zero-order valence-corrected chi connectivity index (χ0v) is 10.3. The van der Waals surface area contributed by atoms with Crippen LogP contribution in [0, 0.1) is 11.3 Å². The van der Waals surface area contributed by atoms with Gasteiger partial charge in [-0.05, 0) is 18.2 Å². The third-order valence-electron chi connectivity index (χ3n) is 2.91. The monoisotopic (exact) mass is 247 g/mol. The number of benzene rings is 1. The highest BCUT2D eigenvalue weighted by Crippen LogP contribution is 2.22. The maximum atomic E-state index is 8.73. The van der Waals surface area contributed by atoms with Crippen molar-refractivity contribution in [2.45, 2.75) is 0 Å². The Morgan fingerprint density at radius 2 is 2.17 bits per heavy atom. The fourth-order valence-corrected chi connectivity index (χ4v) is 1.86. The van der Waals surface area contributed by atoms with Gasteiger partial charge in [0.15, 0.2) is 0 Å². The van der Waals surface area contributed by atoms with Crippen molar-refractivity contribution in [1.29, 1.82) is 5.26 Å². The van der Waals surface area contributed by atoms with Crippen molar-refractivity contribution in [3.05, 3.63) is 23.8 Å². The van der Waals surface area contributed by atoms with Crippen molar-refractivity contribution in [1.82, 2.24) is 4.90 Å². The van der Waals surface area contributed by atoms with Gasteiger partial charge < -0.3 is 15.2 Å². The third-order valence-corrected chi connectivity index (χ3v) is 2.91. The van der Waals surface area contributed by atoms with E-state index in [0.29, 0.717) is 23.6 Å². The molecule has 0 bridgehead atoms. The molecule has 1 aliphatic heterocycles. The van der Waals surface area contributed by atoms with E-state index < -0.39 is 0 Å². The predicted molar refractivity (Wildman–Crippen MR) is 68.3 cm³/mol. The molecule has 1 aliphatic rings. The summed E-state index contributed by atoms with van der Waals surface area (Å²) < 4.78 is 10.9. The lowest BCUT2D eigenvalue weighted by Crippen LogP contribution is -2.38. The van der Waals surface area contributed by atoms with Gasteiger partial charge in [0.2, 0.25) is 0 Å². The van der Waals surface area contributed by atoms with E-state index in [0.717, 1.165) is 32.8 Å². The summed E-state index contributed by atoms with van der Waals surface area (Å²) in [4.78, 5) is 2.29. The van der Waals surface area contributed by atoms with Crippen molar-refractivity contribution in [3.8, 4) is 11.8 Å². The van der Waals surface area contributed by atoms with Crippen molar-refractivity contribution >= 4 is 5.69 Å². The molecule has 2 rings (SSSR count). The Bertz CT molecular complexity index is 436. The number of rotatable bonds is 4. The van der Waals surface area contributed by atoms with E-state index >= 15 is 0 Å². The third kappa shape index (κ3) is 3.36. The first kappa shape index (κ1) is 12.7. The quantitative estimate of drug-likeness (QED) is 0.799. The maximum absolute atomic E-state index is 8.73. The second-order valence-electron chi connectivity index (χ2n) is 4.17. The average molecular weight is 247 g/mol. The van der Waals surface area contributed by atoms with E-state index in [2.05, 4.69) is 4.90 Å². The summed E-state index contributed by atoms with van der Waals surface area (Å²) in [5, 5.41) is 8.73. The van der Waals surface area contributed by atoms with Gasteiger partial charge in [-0.1, -0.05) is 0 Å². The number of nitrogens with zero attached hydrogens (tertiary/aromatic N) is 2. The molecule has 0 atom stereocenters. The lowest BCUT2D eigenvalue weighted by Gasteiger charge is -2.26. The van der Waals surface area contributed by atoms with Crippen molar-refractivity contribution in [2.24, 2.45) is 0 Å². The summed E-state index contributed by atoms with van der Waals surface area (Å²) in [6.45, 7) is 4.94. The summed E-state index contributed by atoms with van der Waals surface area (Å²) in [6, 6.07) is 7.13. The van der Waals surface area contributed by atoms with Crippen molar-refractivity contribution in [3.63, 3.8) is 0 Å². The largest absolute Gasteiger partial charge is 0.490 e. The fourth-order valence-electron chi connectivity index (χ4n) is 1.86. The molecule has 5 heteroatoms. The number of anilines is 1. The lowest BCUT2D eigenvalue weighted by molar-refractivity contribution is 0.0323. The average Bonchev–Trinajstić information content (AvgIpc) is 2.42. The van der Waals surface area contributed by atoms with Gasteiger partial charge in [-0.2, -0.15) is 5.26 Å². The maximum Gasteiger partial charge on any atom is 0.142 e. The molecule has 0 aromatic heterocycles. The summed E-state index contributed by atoms with van der Waals surface area (Å²) in [5.74, 6) is 0.641. The fraction of sp³-hybridized carbons (Fsp3) is 0.462. The first-order valence-electron chi connectivity index (χ1n) is 6.02. The van der Waals surface area contributed by atoms with Crippen LogP contribution in [0.1, 0.15) is 5.56 Å². The molecule has 1 aromatic rings. The van der Waals surface area contributed by atoms with Gasteiger partial charge in [-0.3, -0.25) is 4.90 Å².